The lowest BCUT2D eigenvalue weighted by Gasteiger charge is -2.13. The smallest absolute Gasteiger partial charge is 0.251 e. The molecule has 0 bridgehead atoms. The summed E-state index contributed by atoms with van der Waals surface area (Å²) >= 11 is 5.91. The van der Waals surface area contributed by atoms with Gasteiger partial charge in [-0.15, -0.1) is 0 Å². The maximum absolute atomic E-state index is 12.1. The molecule has 0 aliphatic carbocycles. The highest BCUT2D eigenvalue weighted by Crippen LogP contribution is 2.11. The molecule has 0 atom stereocenters. The van der Waals surface area contributed by atoms with Crippen molar-refractivity contribution >= 4 is 27.5 Å². The Hall–Kier alpha value is -2.16. The molecule has 1 heterocycles. The third-order valence-corrected chi connectivity index (χ3v) is 5.71. The number of hydrogen-bond donors (Lipinski definition) is 1. The van der Waals surface area contributed by atoms with Crippen molar-refractivity contribution < 1.29 is 13.2 Å². The number of benzene rings is 1. The van der Waals surface area contributed by atoms with Gasteiger partial charge in [0.15, 0.2) is 0 Å². The molecule has 2 aromatic rings. The van der Waals surface area contributed by atoms with Crippen molar-refractivity contribution in [1.29, 1.82) is 0 Å². The first-order chi connectivity index (χ1) is 12.2. The molecule has 0 fully saturated rings. The second-order valence-electron chi connectivity index (χ2n) is 5.85. The van der Waals surface area contributed by atoms with Gasteiger partial charge in [0.2, 0.25) is 15.9 Å². The molecule has 1 amide bonds. The quantitative estimate of drug-likeness (QED) is 0.758. The standard InChI is InChI=1S/C17H20ClN3O4S/c1-20(2)26(24,25)15-6-7-17(23)21(11-15)12-16(22)19-9-8-13-4-3-5-14(18)10-13/h3-7,10-11H,8-9,12H2,1-2H3,(H,19,22). The van der Waals surface area contributed by atoms with Gasteiger partial charge in [-0.1, -0.05) is 23.7 Å². The first-order valence-corrected chi connectivity index (χ1v) is 9.66. The Morgan fingerprint density at radius 2 is 1.96 bits per heavy atom. The fourth-order valence-corrected chi connectivity index (χ4v) is 3.38. The summed E-state index contributed by atoms with van der Waals surface area (Å²) in [5.41, 5.74) is 0.529. The fraction of sp³-hybridized carbons (Fsp3) is 0.294. The number of sulfonamides is 1. The second kappa shape index (κ2) is 8.48. The molecule has 1 aromatic heterocycles. The van der Waals surface area contributed by atoms with Gasteiger partial charge in [0.05, 0.1) is 4.90 Å². The lowest BCUT2D eigenvalue weighted by Crippen LogP contribution is -2.33. The highest BCUT2D eigenvalue weighted by Gasteiger charge is 2.18. The average molecular weight is 398 g/mol. The molecule has 0 saturated heterocycles. The molecule has 0 aliphatic heterocycles. The minimum Gasteiger partial charge on any atom is -0.354 e. The van der Waals surface area contributed by atoms with E-state index in [4.69, 9.17) is 11.6 Å². The molecule has 1 N–H and O–H groups in total. The van der Waals surface area contributed by atoms with Gasteiger partial charge in [0.1, 0.15) is 6.54 Å². The number of nitrogens with one attached hydrogen (secondary N) is 1. The fourth-order valence-electron chi connectivity index (χ4n) is 2.25. The highest BCUT2D eigenvalue weighted by molar-refractivity contribution is 7.89. The number of carbonyl (C=O) groups is 1. The first-order valence-electron chi connectivity index (χ1n) is 7.84. The largest absolute Gasteiger partial charge is 0.354 e. The van der Waals surface area contributed by atoms with Crippen LogP contribution in [0.3, 0.4) is 0 Å². The minimum absolute atomic E-state index is 0.0474. The van der Waals surface area contributed by atoms with Crippen LogP contribution in [0.25, 0.3) is 0 Å². The predicted molar refractivity (Wildman–Crippen MR) is 99.7 cm³/mol. The number of hydrogen-bond acceptors (Lipinski definition) is 4. The summed E-state index contributed by atoms with van der Waals surface area (Å²) in [4.78, 5) is 23.9. The maximum atomic E-state index is 12.1. The number of amides is 1. The SMILES string of the molecule is CN(C)S(=O)(=O)c1ccc(=O)n(CC(=O)NCCc2cccc(Cl)c2)c1. The zero-order valence-corrected chi connectivity index (χ0v) is 16.0. The lowest BCUT2D eigenvalue weighted by atomic mass is 10.1. The van der Waals surface area contributed by atoms with E-state index in [2.05, 4.69) is 5.32 Å². The van der Waals surface area contributed by atoms with E-state index in [1.165, 1.54) is 26.4 Å². The summed E-state index contributed by atoms with van der Waals surface area (Å²) in [7, 11) is -0.887. The number of carbonyl (C=O) groups excluding carboxylic acids is 1. The van der Waals surface area contributed by atoms with Crippen LogP contribution in [0.15, 0.2) is 52.3 Å². The Labute approximate surface area is 157 Å². The minimum atomic E-state index is -3.68. The van der Waals surface area contributed by atoms with Crippen molar-refractivity contribution in [2.75, 3.05) is 20.6 Å². The van der Waals surface area contributed by atoms with Crippen LogP contribution < -0.4 is 10.9 Å². The normalized spacial score (nSPS) is 11.5. The zero-order chi connectivity index (χ0) is 19.3. The number of pyridine rings is 1. The summed E-state index contributed by atoms with van der Waals surface area (Å²) < 4.78 is 26.4. The van der Waals surface area contributed by atoms with Crippen LogP contribution in [-0.4, -0.2) is 43.8 Å². The van der Waals surface area contributed by atoms with E-state index >= 15 is 0 Å². The molecule has 26 heavy (non-hydrogen) atoms. The summed E-state index contributed by atoms with van der Waals surface area (Å²) in [6.07, 6.45) is 1.77. The summed E-state index contributed by atoms with van der Waals surface area (Å²) in [5, 5.41) is 3.33. The zero-order valence-electron chi connectivity index (χ0n) is 14.5. The Bertz CT molecular complexity index is 954. The Balaban J connectivity index is 2.01. The molecule has 9 heteroatoms. The Morgan fingerprint density at radius 1 is 1.23 bits per heavy atom. The van der Waals surface area contributed by atoms with Crippen LogP contribution in [0.2, 0.25) is 5.02 Å². The summed E-state index contributed by atoms with van der Waals surface area (Å²) in [6.45, 7) is 0.120. The Morgan fingerprint density at radius 3 is 2.62 bits per heavy atom. The molecule has 7 nitrogen and oxygen atoms in total. The first kappa shape index (κ1) is 20.2. The van der Waals surface area contributed by atoms with E-state index in [9.17, 15) is 18.0 Å². The predicted octanol–water partition coefficient (Wildman–Crippen LogP) is 1.11. The highest BCUT2D eigenvalue weighted by atomic mass is 35.5. The van der Waals surface area contributed by atoms with Crippen molar-refractivity contribution in [1.82, 2.24) is 14.2 Å². The number of rotatable bonds is 7. The summed E-state index contributed by atoms with van der Waals surface area (Å²) in [5.74, 6) is -0.381. The number of nitrogens with zero attached hydrogens (tertiary/aromatic N) is 2. The molecule has 0 spiro atoms. The van der Waals surface area contributed by atoms with Crippen molar-refractivity contribution in [3.8, 4) is 0 Å². The third-order valence-electron chi connectivity index (χ3n) is 3.67. The van der Waals surface area contributed by atoms with Gasteiger partial charge in [-0.3, -0.25) is 9.59 Å². The van der Waals surface area contributed by atoms with Gasteiger partial charge in [-0.25, -0.2) is 12.7 Å². The molecule has 0 saturated carbocycles. The van der Waals surface area contributed by atoms with Gasteiger partial charge >= 0.3 is 0 Å². The van der Waals surface area contributed by atoms with E-state index in [0.29, 0.717) is 18.0 Å². The topological polar surface area (TPSA) is 88.5 Å². The van der Waals surface area contributed by atoms with Crippen molar-refractivity contribution in [3.05, 3.63) is 63.5 Å². The maximum Gasteiger partial charge on any atom is 0.251 e. The van der Waals surface area contributed by atoms with Crippen molar-refractivity contribution in [2.45, 2.75) is 17.9 Å². The van der Waals surface area contributed by atoms with E-state index in [-0.39, 0.29) is 17.3 Å². The molecule has 0 aliphatic rings. The van der Waals surface area contributed by atoms with E-state index in [1.807, 2.05) is 18.2 Å². The van der Waals surface area contributed by atoms with Crippen LogP contribution in [0.5, 0.6) is 0 Å². The molecule has 140 valence electrons. The van der Waals surface area contributed by atoms with Crippen LogP contribution in [0, 0.1) is 0 Å². The second-order valence-corrected chi connectivity index (χ2v) is 8.44. The van der Waals surface area contributed by atoms with Gasteiger partial charge in [-0.05, 0) is 30.2 Å². The van der Waals surface area contributed by atoms with Crippen LogP contribution in [0.4, 0.5) is 0 Å². The third kappa shape index (κ3) is 5.17. The molecular formula is C17H20ClN3O4S. The van der Waals surface area contributed by atoms with Gasteiger partial charge in [0, 0.05) is 37.9 Å². The van der Waals surface area contributed by atoms with Gasteiger partial charge < -0.3 is 9.88 Å². The van der Waals surface area contributed by atoms with Crippen LogP contribution in [-0.2, 0) is 27.8 Å². The molecule has 2 rings (SSSR count). The number of halogens is 1. The monoisotopic (exact) mass is 397 g/mol. The average Bonchev–Trinajstić information content (AvgIpc) is 2.56. The van der Waals surface area contributed by atoms with Gasteiger partial charge in [-0.2, -0.15) is 0 Å². The van der Waals surface area contributed by atoms with Crippen molar-refractivity contribution in [3.63, 3.8) is 0 Å². The molecule has 0 radical (unpaired) electrons. The molecule has 1 aromatic carbocycles. The van der Waals surface area contributed by atoms with Crippen LogP contribution >= 0.6 is 11.6 Å². The number of aromatic nitrogens is 1. The lowest BCUT2D eigenvalue weighted by molar-refractivity contribution is -0.121. The summed E-state index contributed by atoms with van der Waals surface area (Å²) in [6, 6.07) is 9.67. The van der Waals surface area contributed by atoms with E-state index in [0.717, 1.165) is 20.5 Å². The van der Waals surface area contributed by atoms with Gasteiger partial charge in [0.25, 0.3) is 5.56 Å². The van der Waals surface area contributed by atoms with E-state index < -0.39 is 15.6 Å². The van der Waals surface area contributed by atoms with E-state index in [1.54, 1.807) is 6.07 Å². The molecule has 0 unspecified atom stereocenters. The molecular weight excluding hydrogens is 378 g/mol. The van der Waals surface area contributed by atoms with Crippen molar-refractivity contribution in [2.24, 2.45) is 0 Å². The van der Waals surface area contributed by atoms with Crippen LogP contribution in [0.1, 0.15) is 5.56 Å². The Kier molecular flexibility index (Phi) is 6.57.